The van der Waals surface area contributed by atoms with Gasteiger partial charge in [0.05, 0.1) is 18.0 Å². The van der Waals surface area contributed by atoms with E-state index in [1.165, 1.54) is 25.3 Å². The van der Waals surface area contributed by atoms with Crippen molar-refractivity contribution in [2.75, 3.05) is 19.0 Å². The Morgan fingerprint density at radius 3 is 2.80 bits per heavy atom. The average molecular weight is 279 g/mol. The fourth-order valence-electron chi connectivity index (χ4n) is 1.96. The molecule has 0 bridgehead atoms. The van der Waals surface area contributed by atoms with Crippen LogP contribution < -0.4 is 10.8 Å². The number of nitrogens with one attached hydrogen (secondary N) is 1. The molecule has 1 atom stereocenters. The third-order valence-electron chi connectivity index (χ3n) is 2.96. The lowest BCUT2D eigenvalue weighted by Crippen LogP contribution is -2.19. The first-order valence-electron chi connectivity index (χ1n) is 6.07. The Kier molecular flexibility index (Phi) is 4.55. The van der Waals surface area contributed by atoms with Gasteiger partial charge in [-0.05, 0) is 12.1 Å². The van der Waals surface area contributed by atoms with Crippen LogP contribution in [-0.2, 0) is 4.74 Å². The van der Waals surface area contributed by atoms with E-state index in [9.17, 15) is 13.2 Å². The number of alkyl halides is 1. The lowest BCUT2D eigenvalue weighted by Gasteiger charge is -2.21. The molecule has 20 heavy (non-hydrogen) atoms. The Morgan fingerprint density at radius 1 is 1.40 bits per heavy atom. The van der Waals surface area contributed by atoms with E-state index >= 15 is 0 Å². The summed E-state index contributed by atoms with van der Waals surface area (Å²) in [5.41, 5.74) is 0.645. The van der Waals surface area contributed by atoms with E-state index in [2.05, 4.69) is 5.32 Å². The van der Waals surface area contributed by atoms with Crippen LogP contribution in [0.4, 0.5) is 18.9 Å². The highest BCUT2D eigenvalue weighted by atomic mass is 19.2. The Hall–Kier alpha value is -1.69. The van der Waals surface area contributed by atoms with Crippen LogP contribution in [-0.4, -0.2) is 27.7 Å². The summed E-state index contributed by atoms with van der Waals surface area (Å²) < 4.78 is 46.0. The summed E-state index contributed by atoms with van der Waals surface area (Å²) in [6.07, 6.45) is -0.246. The molecule has 0 saturated heterocycles. The van der Waals surface area contributed by atoms with Crippen molar-refractivity contribution in [2.24, 2.45) is 0 Å². The molecule has 1 aliphatic carbocycles. The van der Waals surface area contributed by atoms with Gasteiger partial charge in [0.1, 0.15) is 13.7 Å². The van der Waals surface area contributed by atoms with Gasteiger partial charge in [0.25, 0.3) is 0 Å². The lowest BCUT2D eigenvalue weighted by molar-refractivity contribution is 0.224. The minimum absolute atomic E-state index is 0.0282. The van der Waals surface area contributed by atoms with E-state index < -0.39 is 17.8 Å². The Bertz CT molecular complexity index is 572. The van der Waals surface area contributed by atoms with Crippen molar-refractivity contribution < 1.29 is 17.9 Å². The first-order valence-corrected chi connectivity index (χ1v) is 6.07. The Balaban J connectivity index is 2.32. The van der Waals surface area contributed by atoms with Crippen LogP contribution >= 0.6 is 0 Å². The number of hydrogen-bond donors (Lipinski definition) is 1. The SMILES string of the molecule is [B]c1ccc(NC2=C(F)C(F)CC=C2COC)c(F)c1. The number of benzene rings is 1. The smallest absolute Gasteiger partial charge is 0.158 e. The Morgan fingerprint density at radius 2 is 2.15 bits per heavy atom. The molecule has 0 aliphatic heterocycles. The minimum atomic E-state index is -1.73. The second kappa shape index (κ2) is 6.18. The maximum Gasteiger partial charge on any atom is 0.158 e. The van der Waals surface area contributed by atoms with Crippen molar-refractivity contribution in [3.63, 3.8) is 0 Å². The van der Waals surface area contributed by atoms with Crippen molar-refractivity contribution >= 4 is 19.0 Å². The largest absolute Gasteiger partial charge is 0.380 e. The fraction of sp³-hybridized carbons (Fsp3) is 0.286. The van der Waals surface area contributed by atoms with Crippen molar-refractivity contribution in [2.45, 2.75) is 12.6 Å². The highest BCUT2D eigenvalue weighted by molar-refractivity contribution is 6.32. The van der Waals surface area contributed by atoms with Gasteiger partial charge < -0.3 is 10.1 Å². The summed E-state index contributed by atoms with van der Waals surface area (Å²) in [4.78, 5) is 0. The van der Waals surface area contributed by atoms with E-state index in [4.69, 9.17) is 12.6 Å². The molecule has 0 amide bonds. The molecule has 104 valence electrons. The number of hydrogen-bond acceptors (Lipinski definition) is 2. The molecule has 2 rings (SSSR count). The van der Waals surface area contributed by atoms with E-state index in [0.29, 0.717) is 5.57 Å². The third-order valence-corrected chi connectivity index (χ3v) is 2.96. The number of ether oxygens (including phenoxy) is 1. The molecule has 1 aromatic rings. The maximum absolute atomic E-state index is 13.9. The summed E-state index contributed by atoms with van der Waals surface area (Å²) in [6.45, 7) is 0.110. The number of anilines is 1. The van der Waals surface area contributed by atoms with Crippen LogP contribution in [0.2, 0.25) is 0 Å². The normalized spacial score (nSPS) is 19.0. The quantitative estimate of drug-likeness (QED) is 0.855. The number of halogens is 3. The number of allylic oxidation sites excluding steroid dienone is 2. The third kappa shape index (κ3) is 3.07. The molecule has 6 heteroatoms. The molecular formula is C14H13BF3NO. The molecule has 0 fully saturated rings. The molecule has 0 spiro atoms. The van der Waals surface area contributed by atoms with Gasteiger partial charge in [-0.2, -0.15) is 0 Å². The second-order valence-corrected chi connectivity index (χ2v) is 4.45. The topological polar surface area (TPSA) is 21.3 Å². The van der Waals surface area contributed by atoms with Gasteiger partial charge in [0.15, 0.2) is 12.0 Å². The van der Waals surface area contributed by atoms with Crippen LogP contribution in [0.25, 0.3) is 0 Å². The van der Waals surface area contributed by atoms with Gasteiger partial charge in [-0.3, -0.25) is 0 Å². The minimum Gasteiger partial charge on any atom is -0.380 e. The van der Waals surface area contributed by atoms with E-state index in [-0.39, 0.29) is 29.9 Å². The molecule has 2 nitrogen and oxygen atoms in total. The fourth-order valence-corrected chi connectivity index (χ4v) is 1.96. The zero-order valence-corrected chi connectivity index (χ0v) is 10.9. The van der Waals surface area contributed by atoms with Crippen LogP contribution in [0.1, 0.15) is 6.42 Å². The van der Waals surface area contributed by atoms with E-state index in [0.717, 1.165) is 6.07 Å². The van der Waals surface area contributed by atoms with Crippen molar-refractivity contribution in [3.8, 4) is 0 Å². The Labute approximate surface area is 116 Å². The zero-order chi connectivity index (χ0) is 14.7. The predicted octanol–water partition coefficient (Wildman–Crippen LogP) is 2.53. The van der Waals surface area contributed by atoms with Gasteiger partial charge in [0, 0.05) is 19.1 Å². The van der Waals surface area contributed by atoms with Crippen molar-refractivity contribution in [1.29, 1.82) is 0 Å². The molecule has 1 aromatic carbocycles. The summed E-state index contributed by atoms with van der Waals surface area (Å²) in [7, 11) is 6.89. The predicted molar refractivity (Wildman–Crippen MR) is 73.0 cm³/mol. The summed E-state index contributed by atoms with van der Waals surface area (Å²) in [5, 5.41) is 2.58. The first kappa shape index (κ1) is 14.7. The van der Waals surface area contributed by atoms with Crippen LogP contribution in [0, 0.1) is 5.82 Å². The number of methoxy groups -OCH3 is 1. The van der Waals surface area contributed by atoms with Crippen molar-refractivity contribution in [1.82, 2.24) is 0 Å². The standard InChI is InChI=1S/C14H13BF3NO/c1-20-7-8-2-4-10(16)13(18)14(8)19-12-5-3-9(15)6-11(12)17/h2-3,5-6,10,19H,4,7H2,1H3. The van der Waals surface area contributed by atoms with E-state index in [1.807, 2.05) is 0 Å². The molecule has 2 radical (unpaired) electrons. The molecule has 0 aromatic heterocycles. The molecule has 1 N–H and O–H groups in total. The lowest BCUT2D eigenvalue weighted by atomic mass is 9.95. The van der Waals surface area contributed by atoms with Gasteiger partial charge in [-0.25, -0.2) is 13.2 Å². The monoisotopic (exact) mass is 279 g/mol. The molecular weight excluding hydrogens is 266 g/mol. The van der Waals surface area contributed by atoms with Crippen LogP contribution in [0.5, 0.6) is 0 Å². The highest BCUT2D eigenvalue weighted by Gasteiger charge is 2.25. The molecule has 1 unspecified atom stereocenters. The van der Waals surface area contributed by atoms with Gasteiger partial charge in [-0.1, -0.05) is 17.6 Å². The summed E-state index contributed by atoms with van der Waals surface area (Å²) in [6, 6.07) is 3.95. The highest BCUT2D eigenvalue weighted by Crippen LogP contribution is 2.30. The second-order valence-electron chi connectivity index (χ2n) is 4.45. The van der Waals surface area contributed by atoms with Crippen molar-refractivity contribution in [3.05, 3.63) is 47.2 Å². The first-order chi connectivity index (χ1) is 9.52. The average Bonchev–Trinajstić information content (AvgIpc) is 2.41. The molecule has 1 aliphatic rings. The summed E-state index contributed by atoms with van der Waals surface area (Å²) in [5.74, 6) is -1.58. The summed E-state index contributed by atoms with van der Waals surface area (Å²) >= 11 is 0. The molecule has 0 saturated carbocycles. The van der Waals surface area contributed by atoms with Crippen LogP contribution in [0.3, 0.4) is 0 Å². The maximum atomic E-state index is 13.9. The van der Waals surface area contributed by atoms with Gasteiger partial charge in [-0.15, -0.1) is 0 Å². The molecule has 0 heterocycles. The van der Waals surface area contributed by atoms with E-state index in [1.54, 1.807) is 0 Å². The van der Waals surface area contributed by atoms with Gasteiger partial charge >= 0.3 is 0 Å². The number of rotatable bonds is 4. The zero-order valence-electron chi connectivity index (χ0n) is 10.9. The van der Waals surface area contributed by atoms with Gasteiger partial charge in [0.2, 0.25) is 0 Å². The van der Waals surface area contributed by atoms with Crippen LogP contribution in [0.15, 0.2) is 41.4 Å².